The third kappa shape index (κ3) is 12.5. The maximum absolute atomic E-state index is 8.55. The zero-order valence-electron chi connectivity index (χ0n) is 6.47. The Kier molecular flexibility index (Phi) is 6.31. The van der Waals surface area contributed by atoms with Crippen LogP contribution in [-0.2, 0) is 4.57 Å². The van der Waals surface area contributed by atoms with E-state index in [4.69, 9.17) is 25.0 Å². The Labute approximate surface area is 103 Å². The molecular formula is C6H6CeNO4P. The summed E-state index contributed by atoms with van der Waals surface area (Å²) in [5.74, 6) is 0. The van der Waals surface area contributed by atoms with Gasteiger partial charge in [-0.3, -0.25) is 0 Å². The summed E-state index contributed by atoms with van der Waals surface area (Å²) in [6.45, 7) is 0. The van der Waals surface area contributed by atoms with Gasteiger partial charge in [-0.05, 0) is 0 Å². The van der Waals surface area contributed by atoms with E-state index in [2.05, 4.69) is 6.07 Å². The van der Waals surface area contributed by atoms with E-state index in [1.165, 1.54) is 1.08 Å². The van der Waals surface area contributed by atoms with Crippen LogP contribution in [-0.4, -0.2) is 0 Å². The second kappa shape index (κ2) is 6.08. The van der Waals surface area contributed by atoms with E-state index in [0.29, 0.717) is 0 Å². The molecule has 7 heteroatoms. The van der Waals surface area contributed by atoms with Crippen LogP contribution in [0.5, 0.6) is 0 Å². The number of anilines is 1. The van der Waals surface area contributed by atoms with Crippen molar-refractivity contribution in [2.45, 2.75) is 0 Å². The van der Waals surface area contributed by atoms with Gasteiger partial charge in [0.1, 0.15) is 0 Å². The van der Waals surface area contributed by atoms with E-state index < -0.39 is 7.82 Å². The summed E-state index contributed by atoms with van der Waals surface area (Å²) in [5.41, 5.74) is 6.35. The molecule has 0 bridgehead atoms. The number of hydrogen-bond donors (Lipinski definition) is 1. The smallest absolute Gasteiger partial charge is 0.159 e. The molecule has 0 heterocycles. The maximum atomic E-state index is 8.55. The largest absolute Gasteiger partial charge is 0.822 e. The topological polar surface area (TPSA) is 112 Å². The van der Waals surface area contributed by atoms with Crippen molar-refractivity contribution in [2.75, 3.05) is 5.73 Å². The van der Waals surface area contributed by atoms with E-state index in [0.717, 1.165) is 45.3 Å². The van der Waals surface area contributed by atoms with Crippen LogP contribution in [0.25, 0.3) is 0 Å². The monoisotopic (exact) mass is 327 g/mol. The van der Waals surface area contributed by atoms with Crippen LogP contribution < -0.4 is 21.5 Å². The fraction of sp³-hybridized carbons (Fsp3) is 0. The van der Waals surface area contributed by atoms with E-state index in [9.17, 15) is 0 Å². The van der Waals surface area contributed by atoms with Crippen molar-refractivity contribution in [1.82, 2.24) is 0 Å². The molecule has 0 aromatic heterocycles. The Morgan fingerprint density at radius 1 is 1.31 bits per heavy atom. The van der Waals surface area contributed by atoms with Crippen molar-refractivity contribution in [3.63, 3.8) is 0 Å². The number of nitrogens with two attached hydrogens (primary N) is 1. The van der Waals surface area contributed by atoms with Crippen LogP contribution in [0.4, 0.5) is 5.69 Å². The first-order valence-electron chi connectivity index (χ1n) is 3.09. The van der Waals surface area contributed by atoms with Crippen LogP contribution in [0, 0.1) is 39.6 Å². The number of benzene rings is 1. The standard InChI is InChI=1S/C6H6N.Ce.H3O4P/c7-6-4-2-1-3-5-6;;1-5(2,3)4/h1-2,4-5H,7H2;;(H3,1,2,3,4)/q;+3;/p-3. The molecule has 0 aliphatic carbocycles. The molecule has 2 N–H and O–H groups in total. The Bertz CT molecular complexity index is 288. The van der Waals surface area contributed by atoms with Crippen LogP contribution in [0.15, 0.2) is 24.3 Å². The molecule has 0 aliphatic rings. The summed E-state index contributed by atoms with van der Waals surface area (Å²) in [6.07, 6.45) is 0. The summed E-state index contributed by atoms with van der Waals surface area (Å²) in [4.78, 5) is 25.6. The summed E-state index contributed by atoms with van der Waals surface area (Å²) in [6, 6.07) is 7.98. The second-order valence-corrected chi connectivity index (χ2v) is 4.78. The molecule has 0 spiro atoms. The van der Waals surface area contributed by atoms with Gasteiger partial charge in [0.25, 0.3) is 0 Å². The first-order chi connectivity index (χ1) is 5.79. The van der Waals surface area contributed by atoms with Gasteiger partial charge in [0.2, 0.25) is 0 Å². The van der Waals surface area contributed by atoms with Gasteiger partial charge in [0.15, 0.2) is 0 Å². The molecule has 0 unspecified atom stereocenters. The Hall–Kier alpha value is 0.507. The van der Waals surface area contributed by atoms with E-state index in [1.54, 1.807) is 0 Å². The van der Waals surface area contributed by atoms with Gasteiger partial charge in [-0.15, -0.1) is 0 Å². The van der Waals surface area contributed by atoms with Crippen molar-refractivity contribution >= 4 is 14.6 Å². The van der Waals surface area contributed by atoms with E-state index in [-0.39, 0.29) is 0 Å². The van der Waals surface area contributed by atoms with Gasteiger partial charge in [0.05, 0.1) is 0 Å². The zero-order valence-corrected chi connectivity index (χ0v) is 10.5. The van der Waals surface area contributed by atoms with Crippen LogP contribution in [0.3, 0.4) is 0 Å². The molecule has 0 saturated carbocycles. The van der Waals surface area contributed by atoms with Gasteiger partial charge in [-0.1, -0.05) is 0 Å². The molecule has 5 nitrogen and oxygen atoms in total. The first-order valence-corrected chi connectivity index (χ1v) is 6.12. The molecule has 0 radical (unpaired) electrons. The van der Waals surface area contributed by atoms with Crippen LogP contribution in [0.1, 0.15) is 0 Å². The molecule has 0 atom stereocenters. The molecule has 68 valence electrons. The van der Waals surface area contributed by atoms with E-state index in [1.807, 2.05) is 18.2 Å². The summed E-state index contributed by atoms with van der Waals surface area (Å²) in [7, 11) is -5.39. The first kappa shape index (κ1) is 13.5. The third-order valence-corrected chi connectivity index (χ3v) is 1.86. The molecule has 0 fully saturated rings. The van der Waals surface area contributed by atoms with Gasteiger partial charge < -0.3 is 19.2 Å². The average molecular weight is 327 g/mol. The SMILES string of the molecule is Nc1ccc[c]([Ce+3])c1.O=P([O-])([O-])[O-]. The Morgan fingerprint density at radius 2 is 1.77 bits per heavy atom. The second-order valence-electron chi connectivity index (χ2n) is 2.07. The third-order valence-electron chi connectivity index (χ3n) is 0.887. The number of hydrogen-bond acceptors (Lipinski definition) is 5. The van der Waals surface area contributed by atoms with Crippen molar-refractivity contribution in [3.05, 3.63) is 24.3 Å². The molecule has 0 aliphatic heterocycles. The molecule has 1 rings (SSSR count). The predicted molar refractivity (Wildman–Crippen MR) is 38.1 cm³/mol. The van der Waals surface area contributed by atoms with Crippen LogP contribution >= 0.6 is 7.82 Å². The minimum Gasteiger partial charge on any atom is -0.822 e. The number of nitrogen functional groups attached to an aromatic ring is 1. The fourth-order valence-corrected chi connectivity index (χ4v) is 1.36. The summed E-state index contributed by atoms with van der Waals surface area (Å²) < 4.78 is 9.90. The number of phosphoric acid groups is 1. The quantitative estimate of drug-likeness (QED) is 0.422. The Morgan fingerprint density at radius 3 is 2.00 bits per heavy atom. The summed E-state index contributed by atoms with van der Waals surface area (Å²) >= 11 is 1.09. The minimum absolute atomic E-state index is 0.873. The van der Waals surface area contributed by atoms with Gasteiger partial charge in [-0.25, -0.2) is 0 Å². The van der Waals surface area contributed by atoms with Crippen LogP contribution in [0.2, 0.25) is 0 Å². The van der Waals surface area contributed by atoms with Crippen molar-refractivity contribution in [2.24, 2.45) is 0 Å². The summed E-state index contributed by atoms with van der Waals surface area (Å²) in [5, 5.41) is 0. The molecule has 1 aromatic rings. The minimum atomic E-state index is -5.39. The number of rotatable bonds is 0. The van der Waals surface area contributed by atoms with Crippen molar-refractivity contribution in [1.29, 1.82) is 0 Å². The van der Waals surface area contributed by atoms with Gasteiger partial charge in [0, 0.05) is 0 Å². The Balaban J connectivity index is 0.000000252. The van der Waals surface area contributed by atoms with E-state index >= 15 is 0 Å². The fourth-order valence-electron chi connectivity index (χ4n) is 0.539. The van der Waals surface area contributed by atoms with Gasteiger partial charge >= 0.3 is 76.4 Å². The zero-order chi connectivity index (χ0) is 10.5. The molecule has 13 heavy (non-hydrogen) atoms. The van der Waals surface area contributed by atoms with Gasteiger partial charge in [-0.2, -0.15) is 7.82 Å². The molecule has 0 saturated heterocycles. The molecule has 0 amide bonds. The molecule has 1 aromatic carbocycles. The van der Waals surface area contributed by atoms with Crippen molar-refractivity contribution in [3.8, 4) is 0 Å². The normalized spacial score (nSPS) is 10.2. The maximum Gasteiger partial charge on any atom is -0.159 e. The van der Waals surface area contributed by atoms with Crippen molar-refractivity contribution < 1.29 is 58.9 Å². The average Bonchev–Trinajstić information content (AvgIpc) is 1.81. The molecular weight excluding hydrogens is 321 g/mol. The predicted octanol–water partition coefficient (Wildman–Crippen LogP) is -2.38.